The van der Waals surface area contributed by atoms with Crippen molar-refractivity contribution in [2.24, 2.45) is 0 Å². The summed E-state index contributed by atoms with van der Waals surface area (Å²) in [5.74, 6) is -0.563. The lowest BCUT2D eigenvalue weighted by atomic mass is 10.4. The fraction of sp³-hybridized carbons (Fsp3) is 0.222. The third-order valence-electron chi connectivity index (χ3n) is 1.97. The number of aromatic nitrogens is 6. The standard InChI is InChI=1S/C9H7N7O2S/c1-5-11-3-6(2-10)8(12-5)19-9-13-14-15-16(9)4-7(17)18/h3H,4H2,1H3,(H,17,18). The second-order valence-electron chi connectivity index (χ2n) is 3.36. The number of hydrogen-bond donors (Lipinski definition) is 1. The summed E-state index contributed by atoms with van der Waals surface area (Å²) in [5.41, 5.74) is 0.278. The van der Waals surface area contributed by atoms with Crippen LogP contribution in [-0.2, 0) is 11.3 Å². The Labute approximate surface area is 111 Å². The van der Waals surface area contributed by atoms with Crippen LogP contribution >= 0.6 is 11.8 Å². The summed E-state index contributed by atoms with van der Waals surface area (Å²) in [5, 5.41) is 29.0. The number of aliphatic carboxylic acids is 1. The lowest BCUT2D eigenvalue weighted by Crippen LogP contribution is -2.11. The molecule has 0 atom stereocenters. The molecular weight excluding hydrogens is 270 g/mol. The van der Waals surface area contributed by atoms with E-state index in [1.54, 1.807) is 6.92 Å². The van der Waals surface area contributed by atoms with Crippen LogP contribution in [-0.4, -0.2) is 41.3 Å². The number of carboxylic acid groups (broad SMARTS) is 1. The first-order valence-corrected chi connectivity index (χ1v) is 5.81. The van der Waals surface area contributed by atoms with E-state index < -0.39 is 5.97 Å². The van der Waals surface area contributed by atoms with Gasteiger partial charge in [-0.05, 0) is 29.1 Å². The Balaban J connectivity index is 2.31. The third-order valence-corrected chi connectivity index (χ3v) is 2.95. The van der Waals surface area contributed by atoms with Crippen LogP contribution in [0.4, 0.5) is 0 Å². The van der Waals surface area contributed by atoms with E-state index in [1.165, 1.54) is 6.20 Å². The van der Waals surface area contributed by atoms with Crippen molar-refractivity contribution in [1.29, 1.82) is 5.26 Å². The van der Waals surface area contributed by atoms with Crippen LogP contribution in [0.5, 0.6) is 0 Å². The SMILES string of the molecule is Cc1ncc(C#N)c(Sc2nnnn2CC(=O)O)n1. The van der Waals surface area contributed by atoms with Crippen LogP contribution in [0.3, 0.4) is 0 Å². The van der Waals surface area contributed by atoms with Crippen molar-refractivity contribution in [1.82, 2.24) is 30.2 Å². The van der Waals surface area contributed by atoms with Gasteiger partial charge in [0.15, 0.2) is 0 Å². The molecule has 0 radical (unpaired) electrons. The molecule has 0 unspecified atom stereocenters. The molecule has 0 saturated heterocycles. The summed E-state index contributed by atoms with van der Waals surface area (Å²) in [6.07, 6.45) is 1.40. The molecule has 0 aliphatic heterocycles. The zero-order valence-corrected chi connectivity index (χ0v) is 10.5. The zero-order valence-electron chi connectivity index (χ0n) is 9.68. The van der Waals surface area contributed by atoms with Crippen molar-refractivity contribution in [3.05, 3.63) is 17.6 Å². The lowest BCUT2D eigenvalue weighted by molar-refractivity contribution is -0.138. The summed E-state index contributed by atoms with van der Waals surface area (Å²) in [6, 6.07) is 1.96. The maximum Gasteiger partial charge on any atom is 0.325 e. The Morgan fingerprint density at radius 1 is 1.63 bits per heavy atom. The molecule has 0 bridgehead atoms. The van der Waals surface area contributed by atoms with Crippen LogP contribution < -0.4 is 0 Å². The fourth-order valence-electron chi connectivity index (χ4n) is 1.19. The molecule has 2 heterocycles. The van der Waals surface area contributed by atoms with Crippen LogP contribution in [0.15, 0.2) is 16.4 Å². The summed E-state index contributed by atoms with van der Waals surface area (Å²) in [4.78, 5) is 18.7. The van der Waals surface area contributed by atoms with Crippen LogP contribution in [0.2, 0.25) is 0 Å². The van der Waals surface area contributed by atoms with Crippen LogP contribution in [0.25, 0.3) is 0 Å². The highest BCUT2D eigenvalue weighted by molar-refractivity contribution is 7.99. The van der Waals surface area contributed by atoms with Gasteiger partial charge in [0.1, 0.15) is 29.0 Å². The zero-order chi connectivity index (χ0) is 13.8. The molecule has 9 nitrogen and oxygen atoms in total. The predicted molar refractivity (Wildman–Crippen MR) is 61.1 cm³/mol. The van der Waals surface area contributed by atoms with E-state index >= 15 is 0 Å². The van der Waals surface area contributed by atoms with Gasteiger partial charge in [-0.25, -0.2) is 14.6 Å². The summed E-state index contributed by atoms with van der Waals surface area (Å²) in [6.45, 7) is 1.33. The van der Waals surface area contributed by atoms with Crippen molar-refractivity contribution >= 4 is 17.7 Å². The van der Waals surface area contributed by atoms with Gasteiger partial charge < -0.3 is 5.11 Å². The molecule has 2 rings (SSSR count). The van der Waals surface area contributed by atoms with Crippen molar-refractivity contribution in [2.75, 3.05) is 0 Å². The second-order valence-corrected chi connectivity index (χ2v) is 4.32. The number of nitrogens with zero attached hydrogens (tertiary/aromatic N) is 7. The maximum absolute atomic E-state index is 10.6. The molecule has 0 aliphatic carbocycles. The fourth-order valence-corrected chi connectivity index (χ4v) is 2.03. The molecule has 1 N–H and O–H groups in total. The van der Waals surface area contributed by atoms with Gasteiger partial charge in [0.05, 0.1) is 0 Å². The molecule has 0 aromatic carbocycles. The highest BCUT2D eigenvalue weighted by Crippen LogP contribution is 2.25. The monoisotopic (exact) mass is 277 g/mol. The van der Waals surface area contributed by atoms with E-state index in [9.17, 15) is 4.79 Å². The van der Waals surface area contributed by atoms with E-state index in [1.807, 2.05) is 6.07 Å². The van der Waals surface area contributed by atoms with Gasteiger partial charge in [0, 0.05) is 6.20 Å². The number of rotatable bonds is 4. The minimum absolute atomic E-state index is 0.247. The molecule has 10 heteroatoms. The number of tetrazole rings is 1. The van der Waals surface area contributed by atoms with E-state index in [-0.39, 0.29) is 17.3 Å². The smallest absolute Gasteiger partial charge is 0.325 e. The lowest BCUT2D eigenvalue weighted by Gasteiger charge is -2.03. The minimum Gasteiger partial charge on any atom is -0.480 e. The number of carbonyl (C=O) groups is 1. The number of carboxylic acids is 1. The minimum atomic E-state index is -1.06. The van der Waals surface area contributed by atoms with Gasteiger partial charge >= 0.3 is 5.97 Å². The van der Waals surface area contributed by atoms with Crippen LogP contribution in [0, 0.1) is 18.3 Å². The topological polar surface area (TPSA) is 130 Å². The molecule has 2 aromatic rings. The molecule has 0 spiro atoms. The van der Waals surface area contributed by atoms with Crippen LogP contribution in [0.1, 0.15) is 11.4 Å². The third kappa shape index (κ3) is 3.02. The second kappa shape index (κ2) is 5.40. The first-order valence-electron chi connectivity index (χ1n) is 4.99. The number of hydrogen-bond acceptors (Lipinski definition) is 8. The Morgan fingerprint density at radius 3 is 3.11 bits per heavy atom. The van der Waals surface area contributed by atoms with Gasteiger partial charge in [-0.2, -0.15) is 5.26 Å². The highest BCUT2D eigenvalue weighted by atomic mass is 32.2. The van der Waals surface area contributed by atoms with Crippen molar-refractivity contribution < 1.29 is 9.90 Å². The van der Waals surface area contributed by atoms with Crippen molar-refractivity contribution in [3.63, 3.8) is 0 Å². The molecule has 96 valence electrons. The molecule has 0 amide bonds. The Kier molecular flexibility index (Phi) is 3.67. The summed E-state index contributed by atoms with van der Waals surface area (Å²) in [7, 11) is 0. The van der Waals surface area contributed by atoms with E-state index in [4.69, 9.17) is 10.4 Å². The summed E-state index contributed by atoms with van der Waals surface area (Å²) < 4.78 is 1.12. The predicted octanol–water partition coefficient (Wildman–Crippen LogP) is -0.121. The molecule has 0 saturated carbocycles. The van der Waals surface area contributed by atoms with Crippen molar-refractivity contribution in [3.8, 4) is 6.07 Å². The first-order chi connectivity index (χ1) is 9.10. The van der Waals surface area contributed by atoms with Gasteiger partial charge in [0.25, 0.3) is 0 Å². The Morgan fingerprint density at radius 2 is 2.42 bits per heavy atom. The number of nitriles is 1. The molecule has 19 heavy (non-hydrogen) atoms. The van der Waals surface area contributed by atoms with Gasteiger partial charge in [0.2, 0.25) is 5.16 Å². The van der Waals surface area contributed by atoms with Gasteiger partial charge in [-0.15, -0.1) is 5.10 Å². The molecular formula is C9H7N7O2S. The largest absolute Gasteiger partial charge is 0.480 e. The van der Waals surface area contributed by atoms with Gasteiger partial charge in [-0.1, -0.05) is 0 Å². The van der Waals surface area contributed by atoms with Crippen molar-refractivity contribution in [2.45, 2.75) is 23.7 Å². The van der Waals surface area contributed by atoms with Gasteiger partial charge in [-0.3, -0.25) is 4.79 Å². The first kappa shape index (κ1) is 12.9. The average molecular weight is 277 g/mol. The molecule has 2 aromatic heterocycles. The normalized spacial score (nSPS) is 10.1. The quantitative estimate of drug-likeness (QED) is 0.759. The van der Waals surface area contributed by atoms with E-state index in [2.05, 4.69) is 25.5 Å². The van der Waals surface area contributed by atoms with E-state index in [0.717, 1.165) is 16.4 Å². The maximum atomic E-state index is 10.6. The average Bonchev–Trinajstić information content (AvgIpc) is 2.76. The molecule has 0 aliphatic rings. The Bertz CT molecular complexity index is 663. The summed E-state index contributed by atoms with van der Waals surface area (Å²) >= 11 is 1.02. The van der Waals surface area contributed by atoms with E-state index in [0.29, 0.717) is 10.9 Å². The number of aryl methyl sites for hydroxylation is 1. The Hall–Kier alpha value is -2.54. The molecule has 0 fully saturated rings. The highest BCUT2D eigenvalue weighted by Gasteiger charge is 2.14.